The Morgan fingerprint density at radius 3 is 0.957 bits per heavy atom. The predicted molar refractivity (Wildman–Crippen MR) is 105 cm³/mol. The van der Waals surface area contributed by atoms with Crippen molar-refractivity contribution in [2.24, 2.45) is 0 Å². The minimum atomic E-state index is 0.102. The van der Waals surface area contributed by atoms with Crippen molar-refractivity contribution in [3.63, 3.8) is 0 Å². The SMILES string of the molecule is CCCCCCC[N+]([O-])(CCCCCCC)CCCCCCC. The summed E-state index contributed by atoms with van der Waals surface area (Å²) < 4.78 is 0.102. The average molecular weight is 328 g/mol. The van der Waals surface area contributed by atoms with Gasteiger partial charge >= 0.3 is 0 Å². The molecular formula is C21H45NO. The molecule has 0 aliphatic rings. The molecular weight excluding hydrogens is 282 g/mol. The van der Waals surface area contributed by atoms with E-state index in [0.717, 1.165) is 38.9 Å². The Hall–Kier alpha value is -0.0800. The van der Waals surface area contributed by atoms with Gasteiger partial charge in [0.15, 0.2) is 0 Å². The topological polar surface area (TPSA) is 23.1 Å². The van der Waals surface area contributed by atoms with Gasteiger partial charge in [-0.25, -0.2) is 0 Å². The summed E-state index contributed by atoms with van der Waals surface area (Å²) in [7, 11) is 0. The number of nitrogens with zero attached hydrogens (tertiary/aromatic N) is 1. The molecule has 0 aromatic rings. The monoisotopic (exact) mass is 327 g/mol. The number of unbranched alkanes of at least 4 members (excludes halogenated alkanes) is 12. The van der Waals surface area contributed by atoms with Crippen LogP contribution in [-0.4, -0.2) is 24.3 Å². The Kier molecular flexibility index (Phi) is 16.7. The predicted octanol–water partition coefficient (Wildman–Crippen LogP) is 7.21. The molecule has 0 rings (SSSR count). The first kappa shape index (κ1) is 22.9. The molecule has 2 nitrogen and oxygen atoms in total. The third kappa shape index (κ3) is 15.2. The molecule has 0 radical (unpaired) electrons. The van der Waals surface area contributed by atoms with Crippen molar-refractivity contribution in [2.75, 3.05) is 19.6 Å². The van der Waals surface area contributed by atoms with Gasteiger partial charge in [-0.1, -0.05) is 78.6 Å². The maximum atomic E-state index is 13.1. The van der Waals surface area contributed by atoms with Crippen molar-refractivity contribution in [1.29, 1.82) is 0 Å². The first-order chi connectivity index (χ1) is 11.2. The van der Waals surface area contributed by atoms with E-state index in [1.807, 2.05) is 0 Å². The minimum Gasteiger partial charge on any atom is -0.633 e. The molecule has 0 aliphatic heterocycles. The zero-order chi connectivity index (χ0) is 17.2. The first-order valence-electron chi connectivity index (χ1n) is 10.8. The van der Waals surface area contributed by atoms with Crippen LogP contribution in [0.4, 0.5) is 0 Å². The highest BCUT2D eigenvalue weighted by atomic mass is 16.5. The minimum absolute atomic E-state index is 0.102. The summed E-state index contributed by atoms with van der Waals surface area (Å²) >= 11 is 0. The number of rotatable bonds is 18. The van der Waals surface area contributed by atoms with Crippen LogP contribution in [0.1, 0.15) is 117 Å². The lowest BCUT2D eigenvalue weighted by Gasteiger charge is -2.43. The summed E-state index contributed by atoms with van der Waals surface area (Å²) in [6.07, 6.45) is 18.9. The fourth-order valence-electron chi connectivity index (χ4n) is 3.35. The summed E-state index contributed by atoms with van der Waals surface area (Å²) in [5.41, 5.74) is 0. The molecule has 0 bridgehead atoms. The molecule has 140 valence electrons. The lowest BCUT2D eigenvalue weighted by atomic mass is 10.1. The number of hydrogen-bond donors (Lipinski definition) is 0. The number of hydrogen-bond acceptors (Lipinski definition) is 1. The van der Waals surface area contributed by atoms with Gasteiger partial charge < -0.3 is 9.85 Å². The molecule has 0 fully saturated rings. The van der Waals surface area contributed by atoms with Gasteiger partial charge in [-0.2, -0.15) is 0 Å². The van der Waals surface area contributed by atoms with Crippen LogP contribution < -0.4 is 0 Å². The fourth-order valence-corrected chi connectivity index (χ4v) is 3.35. The van der Waals surface area contributed by atoms with Gasteiger partial charge in [0.2, 0.25) is 0 Å². The van der Waals surface area contributed by atoms with E-state index < -0.39 is 0 Å². The molecule has 0 spiro atoms. The van der Waals surface area contributed by atoms with Crippen LogP contribution in [0.3, 0.4) is 0 Å². The van der Waals surface area contributed by atoms with Crippen LogP contribution >= 0.6 is 0 Å². The molecule has 0 N–H and O–H groups in total. The van der Waals surface area contributed by atoms with Gasteiger partial charge in [0.05, 0.1) is 19.6 Å². The molecule has 0 unspecified atom stereocenters. The van der Waals surface area contributed by atoms with E-state index in [1.165, 1.54) is 77.0 Å². The Morgan fingerprint density at radius 1 is 0.435 bits per heavy atom. The Bertz CT molecular complexity index is 194. The van der Waals surface area contributed by atoms with Crippen LogP contribution in [-0.2, 0) is 0 Å². The molecule has 0 heterocycles. The lowest BCUT2D eigenvalue weighted by molar-refractivity contribution is -0.881. The van der Waals surface area contributed by atoms with Crippen LogP contribution in [0.5, 0.6) is 0 Å². The third-order valence-electron chi connectivity index (χ3n) is 5.01. The number of hydroxylamine groups is 3. The molecule has 0 amide bonds. The smallest absolute Gasteiger partial charge is 0.0783 e. The van der Waals surface area contributed by atoms with Gasteiger partial charge in [0.25, 0.3) is 0 Å². The van der Waals surface area contributed by atoms with Crippen LogP contribution in [0.25, 0.3) is 0 Å². The summed E-state index contributed by atoms with van der Waals surface area (Å²) in [5.74, 6) is 0. The molecule has 0 atom stereocenters. The second-order valence-electron chi connectivity index (χ2n) is 7.47. The van der Waals surface area contributed by atoms with Gasteiger partial charge in [-0.15, -0.1) is 0 Å². The molecule has 0 aromatic heterocycles. The van der Waals surface area contributed by atoms with Crippen molar-refractivity contribution in [1.82, 2.24) is 0 Å². The fraction of sp³-hybridized carbons (Fsp3) is 1.00. The largest absolute Gasteiger partial charge is 0.633 e. The maximum absolute atomic E-state index is 13.1. The second-order valence-corrected chi connectivity index (χ2v) is 7.47. The molecule has 0 saturated heterocycles. The zero-order valence-electron chi connectivity index (χ0n) is 16.6. The van der Waals surface area contributed by atoms with Crippen molar-refractivity contribution < 1.29 is 4.65 Å². The highest BCUT2D eigenvalue weighted by Gasteiger charge is 2.15. The summed E-state index contributed by atoms with van der Waals surface area (Å²) in [6.45, 7) is 9.35. The van der Waals surface area contributed by atoms with Crippen molar-refractivity contribution in [3.8, 4) is 0 Å². The van der Waals surface area contributed by atoms with Gasteiger partial charge in [0.1, 0.15) is 0 Å². The quantitative estimate of drug-likeness (QED) is 0.148. The maximum Gasteiger partial charge on any atom is 0.0783 e. The van der Waals surface area contributed by atoms with E-state index in [-0.39, 0.29) is 4.65 Å². The van der Waals surface area contributed by atoms with E-state index in [4.69, 9.17) is 0 Å². The van der Waals surface area contributed by atoms with Crippen molar-refractivity contribution in [3.05, 3.63) is 5.21 Å². The molecule has 0 saturated carbocycles. The zero-order valence-corrected chi connectivity index (χ0v) is 16.6. The molecule has 0 aliphatic carbocycles. The Balaban J connectivity index is 4.00. The van der Waals surface area contributed by atoms with E-state index >= 15 is 0 Å². The highest BCUT2D eigenvalue weighted by Crippen LogP contribution is 2.16. The van der Waals surface area contributed by atoms with E-state index in [9.17, 15) is 5.21 Å². The van der Waals surface area contributed by atoms with Crippen molar-refractivity contribution in [2.45, 2.75) is 117 Å². The standard InChI is InChI=1S/C21H45NO/c1-4-7-10-13-16-19-22(23,20-17-14-11-8-5-2)21-18-15-12-9-6-3/h4-21H2,1-3H3. The highest BCUT2D eigenvalue weighted by molar-refractivity contribution is 4.52. The van der Waals surface area contributed by atoms with Crippen molar-refractivity contribution >= 4 is 0 Å². The molecule has 0 aromatic carbocycles. The Labute approximate surface area is 147 Å². The van der Waals surface area contributed by atoms with E-state index in [0.29, 0.717) is 0 Å². The van der Waals surface area contributed by atoms with Crippen LogP contribution in [0.2, 0.25) is 0 Å². The molecule has 2 heteroatoms. The lowest BCUT2D eigenvalue weighted by Crippen LogP contribution is -2.44. The van der Waals surface area contributed by atoms with Crippen LogP contribution in [0, 0.1) is 5.21 Å². The second kappa shape index (κ2) is 16.8. The van der Waals surface area contributed by atoms with Crippen LogP contribution in [0.15, 0.2) is 0 Å². The van der Waals surface area contributed by atoms with E-state index in [2.05, 4.69) is 20.8 Å². The summed E-state index contributed by atoms with van der Waals surface area (Å²) in [5, 5.41) is 13.1. The average Bonchev–Trinajstić information content (AvgIpc) is 2.54. The van der Waals surface area contributed by atoms with Gasteiger partial charge in [-0.3, -0.25) is 0 Å². The number of quaternary nitrogens is 1. The first-order valence-corrected chi connectivity index (χ1v) is 10.8. The van der Waals surface area contributed by atoms with E-state index in [1.54, 1.807) is 0 Å². The summed E-state index contributed by atoms with van der Waals surface area (Å²) in [6, 6.07) is 0. The van der Waals surface area contributed by atoms with Gasteiger partial charge in [0, 0.05) is 0 Å². The molecule has 23 heavy (non-hydrogen) atoms. The Morgan fingerprint density at radius 2 is 0.696 bits per heavy atom. The van der Waals surface area contributed by atoms with Gasteiger partial charge in [-0.05, 0) is 38.5 Å². The normalized spacial score (nSPS) is 12.0. The third-order valence-corrected chi connectivity index (χ3v) is 5.01. The summed E-state index contributed by atoms with van der Waals surface area (Å²) in [4.78, 5) is 0.